The molecule has 6 nitrogen and oxygen atoms in total. The van der Waals surface area contributed by atoms with Gasteiger partial charge in [0.25, 0.3) is 11.9 Å². The zero-order chi connectivity index (χ0) is 10.6. The third-order valence-corrected chi connectivity index (χ3v) is 0.167. The number of carboxylic acid groups (broad SMARTS) is 2. The van der Waals surface area contributed by atoms with Crippen molar-refractivity contribution in [2.45, 2.75) is 13.8 Å². The zero-order valence-electron chi connectivity index (χ0n) is 7.28. The molecule has 0 saturated heterocycles. The highest BCUT2D eigenvalue weighted by atomic mass is 16.4. The molecule has 74 valence electrons. The largest absolute Gasteiger partial charge is 0.481 e. The van der Waals surface area contributed by atoms with Crippen molar-refractivity contribution in [3.63, 3.8) is 0 Å². The van der Waals surface area contributed by atoms with Gasteiger partial charge in [-0.1, -0.05) is 0 Å². The fourth-order valence-corrected chi connectivity index (χ4v) is 0. The quantitative estimate of drug-likeness (QED) is 0.413. The van der Waals surface area contributed by atoms with Gasteiger partial charge in [0.1, 0.15) is 0 Å². The Balaban J connectivity index is -0.000000101. The number of rotatable bonds is 1. The van der Waals surface area contributed by atoms with Crippen molar-refractivity contribution in [2.75, 3.05) is 13.1 Å². The van der Waals surface area contributed by atoms with E-state index in [4.69, 9.17) is 31.3 Å². The van der Waals surface area contributed by atoms with Crippen molar-refractivity contribution in [3.05, 3.63) is 0 Å². The third-order valence-electron chi connectivity index (χ3n) is 0.167. The second-order valence-electron chi connectivity index (χ2n) is 1.62. The van der Waals surface area contributed by atoms with Gasteiger partial charge in [-0.15, -0.1) is 0 Å². The molecule has 0 unspecified atom stereocenters. The van der Waals surface area contributed by atoms with Gasteiger partial charge >= 0.3 is 0 Å². The maximum atomic E-state index is 9.00. The molecule has 0 aliphatic carbocycles. The Morgan fingerprint density at radius 2 is 1.08 bits per heavy atom. The minimum atomic E-state index is -0.833. The SMILES string of the molecule is CC(=O)O.CC(=O)O.NCCN. The summed E-state index contributed by atoms with van der Waals surface area (Å²) in [5.41, 5.74) is 9.81. The molecule has 0 aromatic heterocycles. The summed E-state index contributed by atoms with van der Waals surface area (Å²) in [6.45, 7) is 3.36. The van der Waals surface area contributed by atoms with E-state index in [1.807, 2.05) is 0 Å². The summed E-state index contributed by atoms with van der Waals surface area (Å²) < 4.78 is 0. The van der Waals surface area contributed by atoms with Crippen LogP contribution >= 0.6 is 0 Å². The number of carboxylic acids is 2. The van der Waals surface area contributed by atoms with E-state index >= 15 is 0 Å². The molecule has 0 bridgehead atoms. The first-order chi connectivity index (χ1) is 5.38. The Hall–Kier alpha value is -1.14. The standard InChI is InChI=1S/C2H8N2.2C2H4O2/c3-1-2-4;2*1-2(3)4/h1-4H2;2*1H3,(H,3,4). The minimum Gasteiger partial charge on any atom is -0.481 e. The van der Waals surface area contributed by atoms with Crippen LogP contribution in [0.25, 0.3) is 0 Å². The van der Waals surface area contributed by atoms with Crippen LogP contribution in [-0.4, -0.2) is 35.2 Å². The fraction of sp³-hybridized carbons (Fsp3) is 0.667. The van der Waals surface area contributed by atoms with Crippen molar-refractivity contribution in [2.24, 2.45) is 11.5 Å². The van der Waals surface area contributed by atoms with Gasteiger partial charge in [0.2, 0.25) is 0 Å². The summed E-state index contributed by atoms with van der Waals surface area (Å²) in [4.78, 5) is 18.0. The Morgan fingerprint density at radius 1 is 1.00 bits per heavy atom. The predicted molar refractivity (Wildman–Crippen MR) is 44.7 cm³/mol. The van der Waals surface area contributed by atoms with Crippen molar-refractivity contribution < 1.29 is 19.8 Å². The molecule has 0 heterocycles. The van der Waals surface area contributed by atoms with Crippen molar-refractivity contribution >= 4 is 11.9 Å². The molecule has 6 heteroatoms. The summed E-state index contributed by atoms with van der Waals surface area (Å²) in [6, 6.07) is 0. The van der Waals surface area contributed by atoms with Crippen LogP contribution in [0.15, 0.2) is 0 Å². The predicted octanol–water partition coefficient (Wildman–Crippen LogP) is -0.914. The minimum absolute atomic E-state index is 0.597. The summed E-state index contributed by atoms with van der Waals surface area (Å²) >= 11 is 0. The molecule has 0 atom stereocenters. The highest BCUT2D eigenvalue weighted by Gasteiger charge is 1.65. The highest BCUT2D eigenvalue weighted by Crippen LogP contribution is 1.42. The molecule has 0 aromatic carbocycles. The number of aliphatic carboxylic acids is 2. The van der Waals surface area contributed by atoms with E-state index in [0.717, 1.165) is 13.8 Å². The third kappa shape index (κ3) is 27900. The maximum absolute atomic E-state index is 9.00. The Morgan fingerprint density at radius 3 is 1.08 bits per heavy atom. The Kier molecular flexibility index (Phi) is 23.4. The van der Waals surface area contributed by atoms with Gasteiger partial charge < -0.3 is 21.7 Å². The average Bonchev–Trinajstić information content (AvgIpc) is 1.85. The molecule has 0 amide bonds. The first-order valence-corrected chi connectivity index (χ1v) is 3.17. The summed E-state index contributed by atoms with van der Waals surface area (Å²) in [5.74, 6) is -1.67. The molecule has 0 aliphatic heterocycles. The van der Waals surface area contributed by atoms with Gasteiger partial charge in [-0.05, 0) is 0 Å². The lowest BCUT2D eigenvalue weighted by atomic mass is 10.7. The molecule has 0 rings (SSSR count). The summed E-state index contributed by atoms with van der Waals surface area (Å²) in [6.07, 6.45) is 0. The van der Waals surface area contributed by atoms with E-state index in [1.165, 1.54) is 0 Å². The molecule has 6 N–H and O–H groups in total. The van der Waals surface area contributed by atoms with Crippen LogP contribution < -0.4 is 11.5 Å². The molecule has 12 heavy (non-hydrogen) atoms. The van der Waals surface area contributed by atoms with Crippen LogP contribution in [0.4, 0.5) is 0 Å². The van der Waals surface area contributed by atoms with Gasteiger partial charge in [-0.2, -0.15) is 0 Å². The van der Waals surface area contributed by atoms with Crippen molar-refractivity contribution in [3.8, 4) is 0 Å². The van der Waals surface area contributed by atoms with Gasteiger partial charge in [0.05, 0.1) is 0 Å². The molecule has 0 aliphatic rings. The van der Waals surface area contributed by atoms with E-state index in [9.17, 15) is 0 Å². The zero-order valence-corrected chi connectivity index (χ0v) is 7.28. The highest BCUT2D eigenvalue weighted by molar-refractivity contribution is 5.63. The monoisotopic (exact) mass is 180 g/mol. The molecule has 0 aromatic rings. The second kappa shape index (κ2) is 16.4. The van der Waals surface area contributed by atoms with Crippen molar-refractivity contribution in [1.82, 2.24) is 0 Å². The van der Waals surface area contributed by atoms with E-state index in [2.05, 4.69) is 0 Å². The lowest BCUT2D eigenvalue weighted by Crippen LogP contribution is -2.11. The first-order valence-electron chi connectivity index (χ1n) is 3.17. The number of hydrogen-bond acceptors (Lipinski definition) is 4. The number of hydrogen-bond donors (Lipinski definition) is 4. The van der Waals surface area contributed by atoms with E-state index in [1.54, 1.807) is 0 Å². The lowest BCUT2D eigenvalue weighted by Gasteiger charge is -1.72. The van der Waals surface area contributed by atoms with Crippen LogP contribution in [-0.2, 0) is 9.59 Å². The smallest absolute Gasteiger partial charge is 0.300 e. The summed E-state index contributed by atoms with van der Waals surface area (Å²) in [7, 11) is 0. The van der Waals surface area contributed by atoms with E-state index in [-0.39, 0.29) is 0 Å². The van der Waals surface area contributed by atoms with Gasteiger partial charge in [-0.25, -0.2) is 0 Å². The normalized spacial score (nSPS) is 6.67. The molecule has 0 saturated carbocycles. The van der Waals surface area contributed by atoms with Gasteiger partial charge in [0, 0.05) is 26.9 Å². The van der Waals surface area contributed by atoms with Crippen molar-refractivity contribution in [1.29, 1.82) is 0 Å². The Bertz CT molecular complexity index is 94.1. The lowest BCUT2D eigenvalue weighted by molar-refractivity contribution is -0.135. The van der Waals surface area contributed by atoms with Crippen LogP contribution in [0.2, 0.25) is 0 Å². The molecular formula is C6H16N2O4. The Labute approximate surface area is 71.2 Å². The molecule has 0 fully saturated rings. The van der Waals surface area contributed by atoms with Crippen LogP contribution in [0.3, 0.4) is 0 Å². The molecular weight excluding hydrogens is 164 g/mol. The maximum Gasteiger partial charge on any atom is 0.300 e. The first kappa shape index (κ1) is 17.1. The second-order valence-corrected chi connectivity index (χ2v) is 1.62. The number of carbonyl (C=O) groups is 2. The van der Waals surface area contributed by atoms with Gasteiger partial charge in [0.15, 0.2) is 0 Å². The number of nitrogens with two attached hydrogens (primary N) is 2. The van der Waals surface area contributed by atoms with E-state index in [0.29, 0.717) is 13.1 Å². The average molecular weight is 180 g/mol. The molecule has 0 spiro atoms. The summed E-state index contributed by atoms with van der Waals surface area (Å²) in [5, 5.41) is 14.8. The van der Waals surface area contributed by atoms with Crippen LogP contribution in [0.5, 0.6) is 0 Å². The van der Waals surface area contributed by atoms with Crippen LogP contribution in [0, 0.1) is 0 Å². The fourth-order valence-electron chi connectivity index (χ4n) is 0. The van der Waals surface area contributed by atoms with E-state index < -0.39 is 11.9 Å². The topological polar surface area (TPSA) is 127 Å². The molecule has 0 radical (unpaired) electrons. The van der Waals surface area contributed by atoms with Crippen LogP contribution in [0.1, 0.15) is 13.8 Å². The van der Waals surface area contributed by atoms with Gasteiger partial charge in [-0.3, -0.25) is 9.59 Å².